The number of H-pyrrole nitrogens is 1. The van der Waals surface area contributed by atoms with Gasteiger partial charge in [-0.15, -0.1) is 22.0 Å². The molecule has 0 bridgehead atoms. The van der Waals surface area contributed by atoms with Crippen molar-refractivity contribution in [3.63, 3.8) is 0 Å². The summed E-state index contributed by atoms with van der Waals surface area (Å²) in [6.45, 7) is 0.538. The Labute approximate surface area is 208 Å². The van der Waals surface area contributed by atoms with Gasteiger partial charge in [0.1, 0.15) is 5.37 Å². The second-order valence-corrected chi connectivity index (χ2v) is 9.79. The number of nitrogens with zero attached hydrogens (tertiary/aromatic N) is 3. The maximum Gasteiger partial charge on any atom is 0.295 e. The van der Waals surface area contributed by atoms with Gasteiger partial charge in [0.15, 0.2) is 5.69 Å². The van der Waals surface area contributed by atoms with Crippen molar-refractivity contribution >= 4 is 56.1 Å². The maximum absolute atomic E-state index is 12.6. The van der Waals surface area contributed by atoms with Gasteiger partial charge in [0, 0.05) is 22.0 Å². The van der Waals surface area contributed by atoms with E-state index in [9.17, 15) is 14.7 Å². The normalized spacial score (nSPS) is 16.1. The largest absolute Gasteiger partial charge is 0.493 e. The van der Waals surface area contributed by atoms with Gasteiger partial charge in [0.25, 0.3) is 5.91 Å². The molecule has 2 amide bonds. The van der Waals surface area contributed by atoms with E-state index in [1.54, 1.807) is 36.0 Å². The number of thioether (sulfide) groups is 1. The van der Waals surface area contributed by atoms with E-state index >= 15 is 0 Å². The van der Waals surface area contributed by atoms with Gasteiger partial charge in [0.05, 0.1) is 11.3 Å². The molecule has 0 spiro atoms. The fourth-order valence-corrected chi connectivity index (χ4v) is 5.41. The number of aromatic nitrogens is 1. The van der Waals surface area contributed by atoms with E-state index in [1.165, 1.54) is 0 Å². The van der Waals surface area contributed by atoms with Crippen LogP contribution in [0.25, 0.3) is 10.9 Å². The summed E-state index contributed by atoms with van der Waals surface area (Å²) in [6.07, 6.45) is 0. The molecule has 1 fully saturated rings. The van der Waals surface area contributed by atoms with Gasteiger partial charge in [-0.1, -0.05) is 58.4 Å². The minimum atomic E-state index is -0.522. The van der Waals surface area contributed by atoms with Crippen molar-refractivity contribution in [1.29, 1.82) is 0 Å². The topological polar surface area (TPSA) is 98.1 Å². The molecule has 0 unspecified atom stereocenters. The number of halogens is 1. The molecule has 1 saturated heterocycles. The summed E-state index contributed by atoms with van der Waals surface area (Å²) in [7, 11) is 0. The quantitative estimate of drug-likeness (QED) is 0.292. The third kappa shape index (κ3) is 4.49. The summed E-state index contributed by atoms with van der Waals surface area (Å²) in [5, 5.41) is 18.5. The Morgan fingerprint density at radius 1 is 1.12 bits per heavy atom. The minimum Gasteiger partial charge on any atom is -0.493 e. The van der Waals surface area contributed by atoms with Crippen LogP contribution in [-0.2, 0) is 11.3 Å². The summed E-state index contributed by atoms with van der Waals surface area (Å²) in [5.41, 5.74) is 3.29. The van der Waals surface area contributed by atoms with Gasteiger partial charge in [-0.05, 0) is 41.5 Å². The van der Waals surface area contributed by atoms with Crippen molar-refractivity contribution in [3.05, 3.63) is 94.0 Å². The molecular formula is C25H19BrN4O3S. The highest BCUT2D eigenvalue weighted by Gasteiger charge is 2.32. The first-order valence-corrected chi connectivity index (χ1v) is 12.3. The Hall–Kier alpha value is -3.43. The lowest BCUT2D eigenvalue weighted by Crippen LogP contribution is -2.27. The standard InChI is InChI=1S/C25H19BrN4O3S/c26-18-10-11-20-19(12-18)22(24(33)27-20)28-29-23(32)16-6-8-17(9-7-16)25-30(21(31)14-34-25)13-15-4-2-1-3-5-15/h1-12,25,27,33H,13-14H2/t25-/m0/s1. The second kappa shape index (κ2) is 9.44. The molecule has 0 saturated carbocycles. The number of hydrogen-bond acceptors (Lipinski definition) is 5. The molecule has 1 aromatic heterocycles. The zero-order valence-electron chi connectivity index (χ0n) is 17.8. The van der Waals surface area contributed by atoms with Crippen LogP contribution in [0.2, 0.25) is 0 Å². The number of benzene rings is 3. The fraction of sp³-hybridized carbons (Fsp3) is 0.120. The number of nitrogens with one attached hydrogen (secondary N) is 1. The number of rotatable bonds is 5. The Morgan fingerprint density at radius 2 is 1.88 bits per heavy atom. The van der Waals surface area contributed by atoms with Crippen molar-refractivity contribution in [2.75, 3.05) is 5.75 Å². The molecule has 1 aliphatic rings. The highest BCUT2D eigenvalue weighted by molar-refractivity contribution is 9.10. The van der Waals surface area contributed by atoms with Crippen LogP contribution in [0, 0.1) is 0 Å². The Kier molecular flexibility index (Phi) is 6.21. The molecule has 1 atom stereocenters. The predicted octanol–water partition coefficient (Wildman–Crippen LogP) is 6.33. The van der Waals surface area contributed by atoms with Gasteiger partial charge < -0.3 is 15.0 Å². The Balaban J connectivity index is 1.33. The van der Waals surface area contributed by atoms with Gasteiger partial charge >= 0.3 is 0 Å². The summed E-state index contributed by atoms with van der Waals surface area (Å²) in [4.78, 5) is 29.8. The lowest BCUT2D eigenvalue weighted by molar-refractivity contribution is -0.128. The molecule has 4 aromatic rings. The Morgan fingerprint density at radius 3 is 2.65 bits per heavy atom. The molecule has 7 nitrogen and oxygen atoms in total. The first kappa shape index (κ1) is 22.4. The van der Waals surface area contributed by atoms with Crippen LogP contribution >= 0.6 is 27.7 Å². The number of aromatic amines is 1. The summed E-state index contributed by atoms with van der Waals surface area (Å²) < 4.78 is 0.821. The summed E-state index contributed by atoms with van der Waals surface area (Å²) in [6, 6.07) is 22.4. The molecule has 9 heteroatoms. The smallest absolute Gasteiger partial charge is 0.295 e. The third-order valence-corrected chi connectivity index (χ3v) is 7.31. The zero-order chi connectivity index (χ0) is 23.7. The molecule has 0 aliphatic carbocycles. The van der Waals surface area contributed by atoms with E-state index in [-0.39, 0.29) is 22.8 Å². The lowest BCUT2D eigenvalue weighted by atomic mass is 10.1. The van der Waals surface area contributed by atoms with Gasteiger partial charge in [-0.3, -0.25) is 9.59 Å². The number of carbonyl (C=O) groups is 2. The van der Waals surface area contributed by atoms with Crippen LogP contribution in [0.3, 0.4) is 0 Å². The number of amides is 2. The number of hydrogen-bond donors (Lipinski definition) is 2. The van der Waals surface area contributed by atoms with Crippen molar-refractivity contribution in [3.8, 4) is 5.88 Å². The SMILES string of the molecule is O=C(N=Nc1c(O)[nH]c2ccc(Br)cc12)c1ccc([C@@H]2SCC(=O)N2Cc2ccccc2)cc1. The van der Waals surface area contributed by atoms with Crippen LogP contribution in [0.5, 0.6) is 5.88 Å². The van der Waals surface area contributed by atoms with E-state index in [1.807, 2.05) is 53.4 Å². The highest BCUT2D eigenvalue weighted by Crippen LogP contribution is 2.40. The third-order valence-electron chi connectivity index (χ3n) is 5.56. The van der Waals surface area contributed by atoms with Crippen molar-refractivity contribution < 1.29 is 14.7 Å². The van der Waals surface area contributed by atoms with E-state index in [0.29, 0.717) is 28.8 Å². The van der Waals surface area contributed by atoms with Crippen molar-refractivity contribution in [2.24, 2.45) is 10.2 Å². The van der Waals surface area contributed by atoms with E-state index in [2.05, 4.69) is 31.1 Å². The average Bonchev–Trinajstić information content (AvgIpc) is 3.36. The average molecular weight is 535 g/mol. The molecule has 5 rings (SSSR count). The van der Waals surface area contributed by atoms with Gasteiger partial charge in [-0.2, -0.15) is 0 Å². The van der Waals surface area contributed by atoms with Crippen LogP contribution < -0.4 is 0 Å². The highest BCUT2D eigenvalue weighted by atomic mass is 79.9. The second-order valence-electron chi connectivity index (χ2n) is 7.81. The van der Waals surface area contributed by atoms with Crippen LogP contribution in [0.1, 0.15) is 26.9 Å². The van der Waals surface area contributed by atoms with Gasteiger partial charge in [-0.25, -0.2) is 0 Å². The molecule has 0 radical (unpaired) electrons. The lowest BCUT2D eigenvalue weighted by Gasteiger charge is -2.24. The van der Waals surface area contributed by atoms with Crippen molar-refractivity contribution in [1.82, 2.24) is 9.88 Å². The fourth-order valence-electron chi connectivity index (χ4n) is 3.86. The van der Waals surface area contributed by atoms with Crippen molar-refractivity contribution in [2.45, 2.75) is 11.9 Å². The van der Waals surface area contributed by atoms with E-state index in [0.717, 1.165) is 15.6 Å². The first-order chi connectivity index (χ1) is 16.5. The molecule has 2 heterocycles. The number of fused-ring (bicyclic) bond motifs is 1. The van der Waals surface area contributed by atoms with Gasteiger partial charge in [0.2, 0.25) is 11.8 Å². The molecule has 1 aliphatic heterocycles. The zero-order valence-corrected chi connectivity index (χ0v) is 20.2. The van der Waals surface area contributed by atoms with Crippen LogP contribution in [-0.4, -0.2) is 32.6 Å². The molecular weight excluding hydrogens is 516 g/mol. The molecule has 34 heavy (non-hydrogen) atoms. The maximum atomic E-state index is 12.6. The molecule has 2 N–H and O–H groups in total. The Bertz CT molecular complexity index is 1400. The van der Waals surface area contributed by atoms with E-state index < -0.39 is 5.91 Å². The number of aromatic hydroxyl groups is 1. The van der Waals surface area contributed by atoms with E-state index in [4.69, 9.17) is 0 Å². The van der Waals surface area contributed by atoms with Crippen LogP contribution in [0.15, 0.2) is 87.5 Å². The monoisotopic (exact) mass is 534 g/mol. The summed E-state index contributed by atoms with van der Waals surface area (Å²) in [5.74, 6) is -0.151. The molecule has 3 aromatic carbocycles. The first-order valence-electron chi connectivity index (χ1n) is 10.5. The number of azo groups is 1. The van der Waals surface area contributed by atoms with Crippen LogP contribution in [0.4, 0.5) is 5.69 Å². The minimum absolute atomic E-state index is 0.0954. The number of carbonyl (C=O) groups excluding carboxylic acids is 2. The summed E-state index contributed by atoms with van der Waals surface area (Å²) >= 11 is 4.96. The molecule has 170 valence electrons. The predicted molar refractivity (Wildman–Crippen MR) is 135 cm³/mol.